The lowest BCUT2D eigenvalue weighted by atomic mass is 10.1. The normalized spacial score (nSPS) is 10.9. The molecule has 0 aromatic rings. The Morgan fingerprint density at radius 3 is 2.00 bits per heavy atom. The molecule has 3 heteroatoms. The molecule has 0 radical (unpaired) electrons. The maximum Gasteiger partial charge on any atom is 0.330 e. The minimum Gasteiger partial charge on any atom is -0.463 e. The number of esters is 1. The highest BCUT2D eigenvalue weighted by atomic mass is 16.5. The zero-order valence-corrected chi connectivity index (χ0v) is 13.2. The summed E-state index contributed by atoms with van der Waals surface area (Å²) >= 11 is 0. The van der Waals surface area contributed by atoms with E-state index in [4.69, 9.17) is 4.74 Å². The molecule has 3 nitrogen and oxygen atoms in total. The molecule has 0 saturated carbocycles. The average molecular weight is 282 g/mol. The third-order valence-corrected chi connectivity index (χ3v) is 3.19. The van der Waals surface area contributed by atoms with Gasteiger partial charge in [-0.1, -0.05) is 44.6 Å². The first-order chi connectivity index (χ1) is 9.66. The number of ketones is 1. The molecular weight excluding hydrogens is 252 g/mol. The van der Waals surface area contributed by atoms with E-state index in [-0.39, 0.29) is 5.97 Å². The zero-order valence-electron chi connectivity index (χ0n) is 13.2. The molecule has 116 valence electrons. The Hall–Kier alpha value is -1.12. The summed E-state index contributed by atoms with van der Waals surface area (Å²) in [4.78, 5) is 21.8. The summed E-state index contributed by atoms with van der Waals surface area (Å²) in [5.41, 5.74) is 0. The van der Waals surface area contributed by atoms with Gasteiger partial charge in [-0.15, -0.1) is 0 Å². The van der Waals surface area contributed by atoms with E-state index in [1.165, 1.54) is 44.6 Å². The van der Waals surface area contributed by atoms with E-state index in [2.05, 4.69) is 0 Å². The molecule has 0 amide bonds. The average Bonchev–Trinajstić information content (AvgIpc) is 2.40. The standard InChI is InChI=1S/C17H30O3/c1-3-20-17(19)15-13-11-9-7-5-4-6-8-10-12-14-16(2)18/h13,15H,3-12,14H2,1-2H3. The molecule has 0 heterocycles. The van der Waals surface area contributed by atoms with Crippen molar-refractivity contribution in [1.29, 1.82) is 0 Å². The van der Waals surface area contributed by atoms with E-state index < -0.39 is 0 Å². The fraction of sp³-hybridized carbons (Fsp3) is 0.765. The van der Waals surface area contributed by atoms with E-state index in [0.717, 1.165) is 25.7 Å². The van der Waals surface area contributed by atoms with Gasteiger partial charge in [0.1, 0.15) is 5.78 Å². The van der Waals surface area contributed by atoms with Crippen LogP contribution in [0.2, 0.25) is 0 Å². The molecule has 0 aliphatic carbocycles. The molecular formula is C17H30O3. The first-order valence-electron chi connectivity index (χ1n) is 7.99. The van der Waals surface area contributed by atoms with Crippen LogP contribution in [0.5, 0.6) is 0 Å². The van der Waals surface area contributed by atoms with Crippen LogP contribution in [0, 0.1) is 0 Å². The molecule has 0 N–H and O–H groups in total. The summed E-state index contributed by atoms with van der Waals surface area (Å²) in [5, 5.41) is 0. The van der Waals surface area contributed by atoms with Gasteiger partial charge in [0.15, 0.2) is 0 Å². The summed E-state index contributed by atoms with van der Waals surface area (Å²) in [6, 6.07) is 0. The van der Waals surface area contributed by atoms with Gasteiger partial charge in [0, 0.05) is 12.5 Å². The van der Waals surface area contributed by atoms with Crippen LogP contribution in [0.1, 0.15) is 78.1 Å². The summed E-state index contributed by atoms with van der Waals surface area (Å²) in [6.45, 7) is 3.91. The molecule has 0 spiro atoms. The number of ether oxygens (including phenoxy) is 1. The molecule has 0 aliphatic heterocycles. The number of carbonyl (C=O) groups excluding carboxylic acids is 2. The van der Waals surface area contributed by atoms with Gasteiger partial charge in [-0.3, -0.25) is 0 Å². The molecule has 0 aromatic carbocycles. The lowest BCUT2D eigenvalue weighted by molar-refractivity contribution is -0.137. The summed E-state index contributed by atoms with van der Waals surface area (Å²) < 4.78 is 4.80. The lowest BCUT2D eigenvalue weighted by Crippen LogP contribution is -1.98. The van der Waals surface area contributed by atoms with E-state index >= 15 is 0 Å². The number of hydrogen-bond acceptors (Lipinski definition) is 3. The van der Waals surface area contributed by atoms with Crippen LogP contribution < -0.4 is 0 Å². The maximum atomic E-state index is 11.0. The third kappa shape index (κ3) is 14.9. The Balaban J connectivity index is 3.17. The molecule has 0 fully saturated rings. The predicted octanol–water partition coefficient (Wildman–Crippen LogP) is 4.60. The second-order valence-electron chi connectivity index (χ2n) is 5.22. The van der Waals surface area contributed by atoms with Gasteiger partial charge in [0.25, 0.3) is 0 Å². The van der Waals surface area contributed by atoms with Crippen molar-refractivity contribution in [2.45, 2.75) is 78.1 Å². The summed E-state index contributed by atoms with van der Waals surface area (Å²) in [7, 11) is 0. The van der Waals surface area contributed by atoms with Crippen molar-refractivity contribution < 1.29 is 14.3 Å². The van der Waals surface area contributed by atoms with Gasteiger partial charge < -0.3 is 9.53 Å². The van der Waals surface area contributed by atoms with E-state index in [1.807, 2.05) is 13.0 Å². The van der Waals surface area contributed by atoms with Crippen molar-refractivity contribution in [1.82, 2.24) is 0 Å². The number of allylic oxidation sites excluding steroid dienone is 1. The largest absolute Gasteiger partial charge is 0.463 e. The van der Waals surface area contributed by atoms with Crippen LogP contribution in [-0.4, -0.2) is 18.4 Å². The molecule has 0 bridgehead atoms. The van der Waals surface area contributed by atoms with Crippen molar-refractivity contribution in [2.24, 2.45) is 0 Å². The first kappa shape index (κ1) is 18.9. The molecule has 20 heavy (non-hydrogen) atoms. The summed E-state index contributed by atoms with van der Waals surface area (Å²) in [6.07, 6.45) is 14.8. The highest BCUT2D eigenvalue weighted by Crippen LogP contribution is 2.10. The maximum absolute atomic E-state index is 11.0. The van der Waals surface area contributed by atoms with Gasteiger partial charge in [0.05, 0.1) is 6.61 Å². The number of rotatable bonds is 13. The minimum atomic E-state index is -0.238. The Morgan fingerprint density at radius 2 is 1.45 bits per heavy atom. The second-order valence-corrected chi connectivity index (χ2v) is 5.22. The van der Waals surface area contributed by atoms with Crippen LogP contribution in [-0.2, 0) is 14.3 Å². The number of Topliss-reactive ketones (excluding diaryl/α,β-unsaturated/α-hetero) is 1. The third-order valence-electron chi connectivity index (χ3n) is 3.19. The van der Waals surface area contributed by atoms with E-state index in [1.54, 1.807) is 6.92 Å². The quantitative estimate of drug-likeness (QED) is 0.282. The van der Waals surface area contributed by atoms with Crippen molar-refractivity contribution in [3.05, 3.63) is 12.2 Å². The highest BCUT2D eigenvalue weighted by Gasteiger charge is 1.95. The van der Waals surface area contributed by atoms with Crippen LogP contribution in [0.4, 0.5) is 0 Å². The smallest absolute Gasteiger partial charge is 0.330 e. The topological polar surface area (TPSA) is 43.4 Å². The van der Waals surface area contributed by atoms with Gasteiger partial charge in [-0.25, -0.2) is 4.79 Å². The van der Waals surface area contributed by atoms with E-state index in [0.29, 0.717) is 12.4 Å². The minimum absolute atomic E-state index is 0.238. The molecule has 0 saturated heterocycles. The SMILES string of the molecule is CCOC(=O)C=CCCCCCCCCCCC(C)=O. The van der Waals surface area contributed by atoms with Crippen LogP contribution >= 0.6 is 0 Å². The zero-order chi connectivity index (χ0) is 15.1. The van der Waals surface area contributed by atoms with Gasteiger partial charge in [0.2, 0.25) is 0 Å². The molecule has 0 unspecified atom stereocenters. The van der Waals surface area contributed by atoms with Crippen molar-refractivity contribution in [3.63, 3.8) is 0 Å². The summed E-state index contributed by atoms with van der Waals surface area (Å²) in [5.74, 6) is 0.0685. The van der Waals surface area contributed by atoms with Gasteiger partial charge >= 0.3 is 5.97 Å². The van der Waals surface area contributed by atoms with Crippen molar-refractivity contribution in [2.75, 3.05) is 6.61 Å². The Labute approximate surface area is 123 Å². The van der Waals surface area contributed by atoms with Crippen LogP contribution in [0.15, 0.2) is 12.2 Å². The Bertz CT molecular complexity index is 282. The fourth-order valence-electron chi connectivity index (χ4n) is 2.07. The first-order valence-corrected chi connectivity index (χ1v) is 7.99. The molecule has 0 rings (SSSR count). The van der Waals surface area contributed by atoms with Crippen LogP contribution in [0.3, 0.4) is 0 Å². The van der Waals surface area contributed by atoms with Crippen molar-refractivity contribution in [3.8, 4) is 0 Å². The number of carbonyl (C=O) groups is 2. The van der Waals surface area contributed by atoms with E-state index in [9.17, 15) is 9.59 Å². The molecule has 0 aliphatic rings. The highest BCUT2D eigenvalue weighted by molar-refractivity contribution is 5.81. The Kier molecular flexibility index (Phi) is 13.5. The van der Waals surface area contributed by atoms with Crippen LogP contribution in [0.25, 0.3) is 0 Å². The van der Waals surface area contributed by atoms with Crippen molar-refractivity contribution >= 4 is 11.8 Å². The van der Waals surface area contributed by atoms with Gasteiger partial charge in [-0.05, 0) is 33.1 Å². The molecule has 0 atom stereocenters. The predicted molar refractivity (Wildman–Crippen MR) is 82.6 cm³/mol. The number of unbranched alkanes of at least 4 members (excludes halogenated alkanes) is 8. The lowest BCUT2D eigenvalue weighted by Gasteiger charge is -2.01. The monoisotopic (exact) mass is 282 g/mol. The van der Waals surface area contributed by atoms with Gasteiger partial charge in [-0.2, -0.15) is 0 Å². The number of hydrogen-bond donors (Lipinski definition) is 0. The fourth-order valence-corrected chi connectivity index (χ4v) is 2.07. The Morgan fingerprint density at radius 1 is 0.900 bits per heavy atom. The molecule has 0 aromatic heterocycles. The second kappa shape index (κ2) is 14.3.